The molecule has 0 spiro atoms. The normalized spacial score (nSPS) is 36.4. The van der Waals surface area contributed by atoms with Crippen molar-refractivity contribution >= 4 is 11.9 Å². The minimum Gasteiger partial charge on any atom is -0.457 e. The maximum atomic E-state index is 12.8. The summed E-state index contributed by atoms with van der Waals surface area (Å²) in [6.45, 7) is 15.0. The fourth-order valence-corrected chi connectivity index (χ4v) is 5.14. The second-order valence-electron chi connectivity index (χ2n) is 11.9. The van der Waals surface area contributed by atoms with Crippen LogP contribution in [-0.4, -0.2) is 58.3 Å². The minimum atomic E-state index is -1.24. The zero-order valence-corrected chi connectivity index (χ0v) is 24.6. The smallest absolute Gasteiger partial charge is 0.306 e. The van der Waals surface area contributed by atoms with Crippen molar-refractivity contribution in [2.24, 2.45) is 23.7 Å². The number of allylic oxidation sites excluding steroid dienone is 3. The molecule has 38 heavy (non-hydrogen) atoms. The largest absolute Gasteiger partial charge is 0.457 e. The van der Waals surface area contributed by atoms with Gasteiger partial charge < -0.3 is 24.4 Å². The van der Waals surface area contributed by atoms with Gasteiger partial charge in [-0.05, 0) is 63.0 Å². The highest BCUT2D eigenvalue weighted by atomic mass is 16.6. The van der Waals surface area contributed by atoms with Crippen LogP contribution in [0.15, 0.2) is 36.0 Å². The molecular weight excluding hydrogens is 484 g/mol. The van der Waals surface area contributed by atoms with Gasteiger partial charge >= 0.3 is 11.9 Å². The molecule has 2 aliphatic heterocycles. The van der Waals surface area contributed by atoms with E-state index in [4.69, 9.17) is 14.2 Å². The zero-order valence-electron chi connectivity index (χ0n) is 24.6. The average Bonchev–Trinajstić information content (AvgIpc) is 3.60. The van der Waals surface area contributed by atoms with E-state index in [9.17, 15) is 19.8 Å². The summed E-state index contributed by atoms with van der Waals surface area (Å²) in [5.41, 5.74) is -0.338. The van der Waals surface area contributed by atoms with E-state index in [-0.39, 0.29) is 48.5 Å². The lowest BCUT2D eigenvalue weighted by molar-refractivity contribution is -0.156. The summed E-state index contributed by atoms with van der Waals surface area (Å²) in [4.78, 5) is 24.5. The second-order valence-corrected chi connectivity index (χ2v) is 11.9. The number of aliphatic hydroxyl groups is 2. The number of ether oxygens (including phenoxy) is 3. The lowest BCUT2D eigenvalue weighted by atomic mass is 9.87. The molecule has 7 nitrogen and oxygen atoms in total. The molecule has 1 saturated heterocycles. The maximum Gasteiger partial charge on any atom is 0.306 e. The Balaban J connectivity index is 2.12. The van der Waals surface area contributed by atoms with Crippen molar-refractivity contribution in [2.75, 3.05) is 0 Å². The van der Waals surface area contributed by atoms with Crippen LogP contribution in [0.2, 0.25) is 0 Å². The quantitative estimate of drug-likeness (QED) is 0.179. The third-order valence-corrected chi connectivity index (χ3v) is 7.91. The molecular formula is C31H50O7. The topological polar surface area (TPSA) is 106 Å². The average molecular weight is 535 g/mol. The third-order valence-electron chi connectivity index (χ3n) is 7.91. The van der Waals surface area contributed by atoms with E-state index in [1.54, 1.807) is 13.0 Å². The Morgan fingerprint density at radius 3 is 2.58 bits per heavy atom. The highest BCUT2D eigenvalue weighted by Crippen LogP contribution is 2.36. The highest BCUT2D eigenvalue weighted by molar-refractivity contribution is 5.70. The molecule has 2 aliphatic rings. The fourth-order valence-electron chi connectivity index (χ4n) is 5.14. The van der Waals surface area contributed by atoms with Gasteiger partial charge in [0.1, 0.15) is 17.8 Å². The highest BCUT2D eigenvalue weighted by Gasteiger charge is 2.45. The number of cyclic esters (lactones) is 1. The standard InChI is InChI=1S/C31H50O7/c1-9-25(33)23(6)30-26(37-30)17-19(2)11-10-12-21(4)29-22(5)13-14-27(36-24(7)32)31(8,35)16-15-20(3)18-28(34)38-29/h10-14,19-20,22-23,25-27,29-30,33,35H,9,15-18H2,1-8H3/b11-10+,14-13+,21-12+. The molecule has 2 heterocycles. The van der Waals surface area contributed by atoms with Gasteiger partial charge in [0, 0.05) is 25.2 Å². The monoisotopic (exact) mass is 534 g/mol. The van der Waals surface area contributed by atoms with Gasteiger partial charge in [0.05, 0.1) is 18.3 Å². The molecule has 1 fully saturated rings. The first-order valence-corrected chi connectivity index (χ1v) is 14.2. The first-order chi connectivity index (χ1) is 17.7. The summed E-state index contributed by atoms with van der Waals surface area (Å²) in [5.74, 6) is -0.457. The molecule has 10 unspecified atom stereocenters. The summed E-state index contributed by atoms with van der Waals surface area (Å²) in [7, 11) is 0. The first-order valence-electron chi connectivity index (χ1n) is 14.2. The van der Waals surface area contributed by atoms with Crippen molar-refractivity contribution < 1.29 is 34.0 Å². The molecule has 0 saturated carbocycles. The Labute approximate surface area is 229 Å². The van der Waals surface area contributed by atoms with Gasteiger partial charge in [0.25, 0.3) is 0 Å². The molecule has 216 valence electrons. The second kappa shape index (κ2) is 14.4. The lowest BCUT2D eigenvalue weighted by Gasteiger charge is -2.32. The third kappa shape index (κ3) is 9.97. The van der Waals surface area contributed by atoms with Crippen LogP contribution in [0.5, 0.6) is 0 Å². The predicted octanol–water partition coefficient (Wildman–Crippen LogP) is 5.30. The number of hydrogen-bond acceptors (Lipinski definition) is 7. The van der Waals surface area contributed by atoms with Gasteiger partial charge in [-0.15, -0.1) is 0 Å². The van der Waals surface area contributed by atoms with Crippen LogP contribution >= 0.6 is 0 Å². The molecule has 0 aromatic rings. The molecule has 7 heteroatoms. The Morgan fingerprint density at radius 2 is 1.95 bits per heavy atom. The van der Waals surface area contributed by atoms with E-state index < -0.39 is 23.8 Å². The Bertz CT molecular complexity index is 873. The van der Waals surface area contributed by atoms with Gasteiger partial charge in [-0.3, -0.25) is 9.59 Å². The molecule has 0 aromatic heterocycles. The predicted molar refractivity (Wildman–Crippen MR) is 148 cm³/mol. The molecule has 0 amide bonds. The zero-order chi connectivity index (χ0) is 28.6. The van der Waals surface area contributed by atoms with Crippen LogP contribution in [0.3, 0.4) is 0 Å². The van der Waals surface area contributed by atoms with E-state index in [0.29, 0.717) is 18.8 Å². The Kier molecular flexibility index (Phi) is 12.2. The number of esters is 2. The number of carbonyl (C=O) groups is 2. The van der Waals surface area contributed by atoms with Gasteiger partial charge in [-0.1, -0.05) is 58.9 Å². The molecule has 2 rings (SSSR count). The number of carbonyl (C=O) groups excluding carboxylic acids is 2. The van der Waals surface area contributed by atoms with Crippen LogP contribution in [0.25, 0.3) is 0 Å². The molecule has 2 N–H and O–H groups in total. The SMILES string of the molecule is CCC(O)C(C)C1OC1CC(C)/C=C/C=C(\C)C1OC(=O)CC(C)CCC(C)(O)C(OC(C)=O)/C=C/C1C. The lowest BCUT2D eigenvalue weighted by Crippen LogP contribution is -2.41. The van der Waals surface area contributed by atoms with Gasteiger partial charge in [0.15, 0.2) is 0 Å². The van der Waals surface area contributed by atoms with Crippen molar-refractivity contribution in [3.8, 4) is 0 Å². The molecule has 0 radical (unpaired) electrons. The molecule has 10 atom stereocenters. The molecule has 0 bridgehead atoms. The van der Waals surface area contributed by atoms with E-state index in [0.717, 1.165) is 18.4 Å². The van der Waals surface area contributed by atoms with Crippen LogP contribution in [0, 0.1) is 23.7 Å². The maximum absolute atomic E-state index is 12.8. The van der Waals surface area contributed by atoms with Gasteiger partial charge in [-0.2, -0.15) is 0 Å². The van der Waals surface area contributed by atoms with Crippen LogP contribution in [0.1, 0.15) is 87.5 Å². The van der Waals surface area contributed by atoms with E-state index in [1.807, 2.05) is 52.8 Å². The summed E-state index contributed by atoms with van der Waals surface area (Å²) in [5, 5.41) is 21.1. The van der Waals surface area contributed by atoms with E-state index in [1.165, 1.54) is 6.92 Å². The van der Waals surface area contributed by atoms with Crippen molar-refractivity contribution in [1.29, 1.82) is 0 Å². The Morgan fingerprint density at radius 1 is 1.26 bits per heavy atom. The van der Waals surface area contributed by atoms with Crippen molar-refractivity contribution in [1.82, 2.24) is 0 Å². The number of epoxide rings is 1. The van der Waals surface area contributed by atoms with Crippen LogP contribution in [-0.2, 0) is 23.8 Å². The van der Waals surface area contributed by atoms with Crippen molar-refractivity contribution in [3.63, 3.8) is 0 Å². The van der Waals surface area contributed by atoms with E-state index >= 15 is 0 Å². The molecule has 0 aliphatic carbocycles. The van der Waals surface area contributed by atoms with Gasteiger partial charge in [0.2, 0.25) is 0 Å². The summed E-state index contributed by atoms with van der Waals surface area (Å²) < 4.78 is 17.2. The summed E-state index contributed by atoms with van der Waals surface area (Å²) in [6, 6.07) is 0. The Hall–Kier alpha value is -1.96. The number of aliphatic hydroxyl groups excluding tert-OH is 1. The summed E-state index contributed by atoms with van der Waals surface area (Å²) in [6.07, 6.45) is 11.2. The van der Waals surface area contributed by atoms with Crippen LogP contribution < -0.4 is 0 Å². The summed E-state index contributed by atoms with van der Waals surface area (Å²) >= 11 is 0. The number of rotatable bonds is 9. The van der Waals surface area contributed by atoms with Gasteiger partial charge in [-0.25, -0.2) is 0 Å². The molecule has 0 aromatic carbocycles. The number of hydrogen-bond donors (Lipinski definition) is 2. The van der Waals surface area contributed by atoms with Crippen molar-refractivity contribution in [3.05, 3.63) is 36.0 Å². The first kappa shape index (κ1) is 32.3. The fraction of sp³-hybridized carbons (Fsp3) is 0.742. The van der Waals surface area contributed by atoms with Crippen molar-refractivity contribution in [2.45, 2.75) is 124 Å². The van der Waals surface area contributed by atoms with E-state index in [2.05, 4.69) is 13.0 Å². The minimum absolute atomic E-state index is 0.0194. The van der Waals surface area contributed by atoms with Crippen LogP contribution in [0.4, 0.5) is 0 Å².